The van der Waals surface area contributed by atoms with E-state index in [4.69, 9.17) is 0 Å². The van der Waals surface area contributed by atoms with Crippen LogP contribution < -0.4 is 10.0 Å². The highest BCUT2D eigenvalue weighted by Crippen LogP contribution is 2.33. The van der Waals surface area contributed by atoms with Crippen molar-refractivity contribution >= 4 is 32.6 Å². The molecule has 0 saturated heterocycles. The molecule has 0 unspecified atom stereocenters. The summed E-state index contributed by atoms with van der Waals surface area (Å²) < 4.78 is 27.3. The number of urea groups is 1. The molecule has 1 heterocycles. The van der Waals surface area contributed by atoms with Crippen LogP contribution in [0.15, 0.2) is 36.5 Å². The fraction of sp³-hybridized carbons (Fsp3) is 0.364. The Kier molecular flexibility index (Phi) is 6.17. The molecular weight excluding hydrogens is 400 g/mol. The van der Waals surface area contributed by atoms with Gasteiger partial charge in [0.15, 0.2) is 0 Å². The highest BCUT2D eigenvalue weighted by Gasteiger charge is 2.20. The number of carbonyl (C=O) groups is 1. The first-order valence-corrected chi connectivity index (χ1v) is 11.6. The molecule has 3 rings (SSSR count). The minimum absolute atomic E-state index is 0.177. The van der Waals surface area contributed by atoms with Crippen molar-refractivity contribution in [1.29, 1.82) is 0 Å². The van der Waals surface area contributed by atoms with E-state index in [9.17, 15) is 13.2 Å². The molecule has 0 fully saturated rings. The average molecular weight is 429 g/mol. The van der Waals surface area contributed by atoms with Gasteiger partial charge in [0.25, 0.3) is 0 Å². The van der Waals surface area contributed by atoms with E-state index < -0.39 is 16.1 Å². The number of benzene rings is 2. The van der Waals surface area contributed by atoms with E-state index in [0.717, 1.165) is 27.6 Å². The highest BCUT2D eigenvalue weighted by atomic mass is 32.2. The van der Waals surface area contributed by atoms with Gasteiger partial charge in [0.2, 0.25) is 10.0 Å². The zero-order valence-corrected chi connectivity index (χ0v) is 18.7. The first kappa shape index (κ1) is 21.8. The van der Waals surface area contributed by atoms with Gasteiger partial charge in [0, 0.05) is 11.1 Å². The molecular formula is C22H28N4O3S. The maximum absolute atomic E-state index is 12.6. The molecule has 0 spiro atoms. The van der Waals surface area contributed by atoms with Crippen LogP contribution in [-0.4, -0.2) is 24.6 Å². The van der Waals surface area contributed by atoms with Crippen LogP contribution in [0.3, 0.4) is 0 Å². The second-order valence-corrected chi connectivity index (χ2v) is 9.96. The van der Waals surface area contributed by atoms with E-state index in [1.54, 1.807) is 24.4 Å². The van der Waals surface area contributed by atoms with Crippen molar-refractivity contribution in [3.05, 3.63) is 58.8 Å². The summed E-state index contributed by atoms with van der Waals surface area (Å²) in [5.41, 5.74) is 5.15. The lowest BCUT2D eigenvalue weighted by Gasteiger charge is -2.21. The number of aromatic nitrogens is 2. The maximum Gasteiger partial charge on any atom is 0.332 e. The number of rotatable bonds is 6. The third kappa shape index (κ3) is 4.99. The number of hydrogen-bond donors (Lipinski definition) is 3. The van der Waals surface area contributed by atoms with Crippen molar-refractivity contribution in [2.45, 2.75) is 52.2 Å². The molecule has 1 aromatic heterocycles. The van der Waals surface area contributed by atoms with Crippen molar-refractivity contribution in [3.8, 4) is 0 Å². The lowest BCUT2D eigenvalue weighted by Crippen LogP contribution is -2.35. The van der Waals surface area contributed by atoms with Gasteiger partial charge in [0.1, 0.15) is 0 Å². The Hall–Kier alpha value is -2.87. The standard InChI is InChI=1S/C22H28N4O3S/c1-13(2)18-8-15(5)9-19(14(3)4)21(18)24-22(27)26-30(28,29)12-16-6-7-20-17(10-16)11-23-25-20/h6-11,13-14H,12H2,1-5H3,(H,23,25)(H2,24,26,27). The molecule has 0 bridgehead atoms. The largest absolute Gasteiger partial charge is 0.332 e. The first-order chi connectivity index (χ1) is 14.1. The van der Waals surface area contributed by atoms with Gasteiger partial charge in [-0.05, 0) is 47.6 Å². The Morgan fingerprint density at radius 1 is 1.07 bits per heavy atom. The smallest absolute Gasteiger partial charge is 0.307 e. The summed E-state index contributed by atoms with van der Waals surface area (Å²) in [4.78, 5) is 12.6. The molecule has 0 aliphatic heterocycles. The maximum atomic E-state index is 12.6. The SMILES string of the molecule is Cc1cc(C(C)C)c(NC(=O)NS(=O)(=O)Cc2ccc3[nH]ncc3c2)c(C(C)C)c1. The van der Waals surface area contributed by atoms with Crippen molar-refractivity contribution < 1.29 is 13.2 Å². The van der Waals surface area contributed by atoms with Gasteiger partial charge in [-0.25, -0.2) is 17.9 Å². The van der Waals surface area contributed by atoms with Crippen LogP contribution in [0.5, 0.6) is 0 Å². The summed E-state index contributed by atoms with van der Waals surface area (Å²) in [6, 6.07) is 8.51. The molecule has 160 valence electrons. The third-order valence-corrected chi connectivity index (χ3v) is 6.15. The van der Waals surface area contributed by atoms with E-state index >= 15 is 0 Å². The molecule has 3 N–H and O–H groups in total. The molecule has 0 aliphatic carbocycles. The predicted molar refractivity (Wildman–Crippen MR) is 120 cm³/mol. The minimum atomic E-state index is -3.87. The van der Waals surface area contributed by atoms with Crippen LogP contribution in [0.2, 0.25) is 0 Å². The molecule has 0 aliphatic rings. The number of anilines is 1. The molecule has 0 atom stereocenters. The number of carbonyl (C=O) groups excluding carboxylic acids is 1. The van der Waals surface area contributed by atoms with Gasteiger partial charge in [-0.1, -0.05) is 51.5 Å². The Labute approximate surface area is 177 Å². The van der Waals surface area contributed by atoms with Crippen LogP contribution in [0.4, 0.5) is 10.5 Å². The molecule has 3 aromatic rings. The lowest BCUT2D eigenvalue weighted by molar-refractivity contribution is 0.256. The number of aryl methyl sites for hydroxylation is 1. The predicted octanol–water partition coefficient (Wildman–Crippen LogP) is 4.77. The van der Waals surface area contributed by atoms with Gasteiger partial charge in [-0.3, -0.25) is 5.10 Å². The molecule has 2 amide bonds. The number of fused-ring (bicyclic) bond motifs is 1. The van der Waals surface area contributed by atoms with E-state index in [0.29, 0.717) is 11.3 Å². The van der Waals surface area contributed by atoms with E-state index in [2.05, 4.69) is 20.2 Å². The average Bonchev–Trinajstić information content (AvgIpc) is 3.09. The molecule has 8 heteroatoms. The van der Waals surface area contributed by atoms with Gasteiger partial charge < -0.3 is 5.32 Å². The van der Waals surface area contributed by atoms with Crippen molar-refractivity contribution in [1.82, 2.24) is 14.9 Å². The van der Waals surface area contributed by atoms with Crippen LogP contribution in [0, 0.1) is 6.92 Å². The summed E-state index contributed by atoms with van der Waals surface area (Å²) in [6.07, 6.45) is 1.63. The lowest BCUT2D eigenvalue weighted by atomic mass is 9.90. The molecule has 2 aromatic carbocycles. The zero-order chi connectivity index (χ0) is 22.1. The van der Waals surface area contributed by atoms with Crippen molar-refractivity contribution in [3.63, 3.8) is 0 Å². The topological polar surface area (TPSA) is 104 Å². The van der Waals surface area contributed by atoms with Crippen LogP contribution in [-0.2, 0) is 15.8 Å². The number of amides is 2. The van der Waals surface area contributed by atoms with Gasteiger partial charge in [0.05, 0.1) is 17.5 Å². The number of aromatic amines is 1. The molecule has 7 nitrogen and oxygen atoms in total. The van der Waals surface area contributed by atoms with E-state index in [-0.39, 0.29) is 17.6 Å². The van der Waals surface area contributed by atoms with Crippen LogP contribution in [0.25, 0.3) is 10.9 Å². The van der Waals surface area contributed by atoms with Crippen molar-refractivity contribution in [2.24, 2.45) is 0 Å². The fourth-order valence-corrected chi connectivity index (χ4v) is 4.54. The summed E-state index contributed by atoms with van der Waals surface area (Å²) in [6.45, 7) is 10.2. The van der Waals surface area contributed by atoms with Gasteiger partial charge in [-0.15, -0.1) is 0 Å². The molecule has 30 heavy (non-hydrogen) atoms. The van der Waals surface area contributed by atoms with Crippen molar-refractivity contribution in [2.75, 3.05) is 5.32 Å². The number of hydrogen-bond acceptors (Lipinski definition) is 4. The summed E-state index contributed by atoms with van der Waals surface area (Å²) >= 11 is 0. The quantitative estimate of drug-likeness (QED) is 0.526. The van der Waals surface area contributed by atoms with Crippen LogP contribution >= 0.6 is 0 Å². The summed E-state index contributed by atoms with van der Waals surface area (Å²) in [5, 5.41) is 10.4. The Morgan fingerprint density at radius 2 is 1.70 bits per heavy atom. The number of sulfonamides is 1. The normalized spacial score (nSPS) is 12.0. The van der Waals surface area contributed by atoms with E-state index in [1.165, 1.54) is 0 Å². The highest BCUT2D eigenvalue weighted by molar-refractivity contribution is 7.89. The third-order valence-electron chi connectivity index (χ3n) is 4.94. The van der Waals surface area contributed by atoms with Gasteiger partial charge >= 0.3 is 6.03 Å². The number of H-pyrrole nitrogens is 1. The number of nitrogens with zero attached hydrogens (tertiary/aromatic N) is 1. The Bertz CT molecular complexity index is 1150. The Morgan fingerprint density at radius 3 is 2.30 bits per heavy atom. The summed E-state index contributed by atoms with van der Waals surface area (Å²) in [5.74, 6) is 0.0516. The fourth-order valence-electron chi connectivity index (χ4n) is 3.52. The zero-order valence-electron chi connectivity index (χ0n) is 17.9. The Balaban J connectivity index is 1.80. The molecule has 0 saturated carbocycles. The second kappa shape index (κ2) is 8.47. The summed E-state index contributed by atoms with van der Waals surface area (Å²) in [7, 11) is -3.87. The van der Waals surface area contributed by atoms with E-state index in [1.807, 2.05) is 46.8 Å². The van der Waals surface area contributed by atoms with Gasteiger partial charge in [-0.2, -0.15) is 5.10 Å². The molecule has 0 radical (unpaired) electrons. The second-order valence-electron chi connectivity index (χ2n) is 8.23. The minimum Gasteiger partial charge on any atom is -0.307 e. The first-order valence-electron chi connectivity index (χ1n) is 9.93. The monoisotopic (exact) mass is 428 g/mol. The number of nitrogens with one attached hydrogen (secondary N) is 3. The van der Waals surface area contributed by atoms with Crippen LogP contribution in [0.1, 0.15) is 61.8 Å².